The van der Waals surface area contributed by atoms with Crippen molar-refractivity contribution < 1.29 is 13.2 Å². The van der Waals surface area contributed by atoms with Crippen molar-refractivity contribution >= 4 is 31.3 Å². The third-order valence-corrected chi connectivity index (χ3v) is 4.00. The average Bonchev–Trinajstić information content (AvgIpc) is 2.29. The lowest BCUT2D eigenvalue weighted by molar-refractivity contribution is 0.298. The molecule has 0 aromatic heterocycles. The summed E-state index contributed by atoms with van der Waals surface area (Å²) in [5.74, 6) is 0.255. The Hall–Kier alpha value is -0.450. The van der Waals surface area contributed by atoms with Crippen LogP contribution in [0.2, 0.25) is 5.02 Å². The predicted octanol–water partition coefficient (Wildman–Crippen LogP) is 4.23. The van der Waals surface area contributed by atoms with Gasteiger partial charge in [-0.2, -0.15) is 0 Å². The summed E-state index contributed by atoms with van der Waals surface area (Å²) >= 11 is 5.75. The molecule has 0 spiro atoms. The zero-order valence-corrected chi connectivity index (χ0v) is 12.5. The largest absolute Gasteiger partial charge is 0.492 e. The number of ether oxygens (including phenoxy) is 1. The lowest BCUT2D eigenvalue weighted by Crippen LogP contribution is -2.02. The van der Waals surface area contributed by atoms with Crippen LogP contribution in [0, 0.1) is 0 Å². The van der Waals surface area contributed by atoms with Crippen LogP contribution in [0.5, 0.6) is 5.75 Å². The minimum absolute atomic E-state index is 0.0767. The van der Waals surface area contributed by atoms with E-state index in [9.17, 15) is 8.42 Å². The summed E-state index contributed by atoms with van der Waals surface area (Å²) in [6.45, 7) is 2.60. The summed E-state index contributed by atoms with van der Waals surface area (Å²) in [6.07, 6.45) is 4.23. The Morgan fingerprint density at radius 1 is 1.22 bits per heavy atom. The van der Waals surface area contributed by atoms with E-state index in [0.717, 1.165) is 25.7 Å². The highest BCUT2D eigenvalue weighted by atomic mass is 35.7. The molecule has 0 aliphatic carbocycles. The number of rotatable bonds is 7. The first kappa shape index (κ1) is 15.6. The van der Waals surface area contributed by atoms with Crippen LogP contribution in [0.25, 0.3) is 0 Å². The van der Waals surface area contributed by atoms with E-state index >= 15 is 0 Å². The fourth-order valence-electron chi connectivity index (χ4n) is 1.50. The first-order valence-corrected chi connectivity index (χ1v) is 8.51. The van der Waals surface area contributed by atoms with Crippen LogP contribution in [0.1, 0.15) is 32.6 Å². The Bertz CT molecular complexity index is 486. The molecule has 0 radical (unpaired) electrons. The highest BCUT2D eigenvalue weighted by Gasteiger charge is 2.17. The number of hydrogen-bond acceptors (Lipinski definition) is 3. The number of halogens is 2. The second-order valence-corrected chi connectivity index (χ2v) is 6.91. The van der Waals surface area contributed by atoms with Crippen LogP contribution in [0.3, 0.4) is 0 Å². The van der Waals surface area contributed by atoms with E-state index in [1.165, 1.54) is 12.1 Å². The van der Waals surface area contributed by atoms with Crippen LogP contribution in [-0.2, 0) is 9.05 Å². The van der Waals surface area contributed by atoms with E-state index in [1.54, 1.807) is 6.07 Å². The molecule has 0 saturated heterocycles. The SMILES string of the molecule is CCCCCCOc1ccc(Cl)cc1S(=O)(=O)Cl. The number of hydrogen-bond donors (Lipinski definition) is 0. The van der Waals surface area contributed by atoms with Gasteiger partial charge in [-0.3, -0.25) is 0 Å². The van der Waals surface area contributed by atoms with Crippen molar-refractivity contribution in [2.45, 2.75) is 37.5 Å². The Morgan fingerprint density at radius 2 is 1.94 bits per heavy atom. The lowest BCUT2D eigenvalue weighted by atomic mass is 10.2. The quantitative estimate of drug-likeness (QED) is 0.559. The number of unbranched alkanes of at least 4 members (excludes halogenated alkanes) is 3. The van der Waals surface area contributed by atoms with E-state index < -0.39 is 9.05 Å². The van der Waals surface area contributed by atoms with Crippen molar-refractivity contribution in [3.63, 3.8) is 0 Å². The Labute approximate surface area is 117 Å². The van der Waals surface area contributed by atoms with Crippen LogP contribution in [0.4, 0.5) is 0 Å². The lowest BCUT2D eigenvalue weighted by Gasteiger charge is -2.09. The minimum Gasteiger partial charge on any atom is -0.492 e. The zero-order valence-electron chi connectivity index (χ0n) is 10.2. The van der Waals surface area contributed by atoms with Gasteiger partial charge in [-0.1, -0.05) is 37.8 Å². The second kappa shape index (κ2) is 7.22. The van der Waals surface area contributed by atoms with Crippen molar-refractivity contribution in [2.75, 3.05) is 6.61 Å². The fraction of sp³-hybridized carbons (Fsp3) is 0.500. The van der Waals surface area contributed by atoms with Gasteiger partial charge in [0.15, 0.2) is 0 Å². The van der Waals surface area contributed by atoms with Gasteiger partial charge in [0, 0.05) is 15.7 Å². The van der Waals surface area contributed by atoms with Gasteiger partial charge >= 0.3 is 0 Å². The molecular formula is C12H16Cl2O3S. The molecule has 1 aromatic carbocycles. The molecule has 0 unspecified atom stereocenters. The highest BCUT2D eigenvalue weighted by Crippen LogP contribution is 2.29. The molecule has 0 heterocycles. The highest BCUT2D eigenvalue weighted by molar-refractivity contribution is 8.13. The normalized spacial score (nSPS) is 11.5. The summed E-state index contributed by atoms with van der Waals surface area (Å²) in [5, 5.41) is 0.313. The van der Waals surface area contributed by atoms with E-state index in [-0.39, 0.29) is 10.6 Å². The monoisotopic (exact) mass is 310 g/mol. The molecule has 1 aromatic rings. The summed E-state index contributed by atoms with van der Waals surface area (Å²) in [6, 6.07) is 4.40. The third-order valence-electron chi connectivity index (χ3n) is 2.42. The molecule has 0 bridgehead atoms. The topological polar surface area (TPSA) is 43.4 Å². The molecule has 0 N–H and O–H groups in total. The maximum absolute atomic E-state index is 11.4. The molecule has 0 aliphatic heterocycles. The Balaban J connectivity index is 2.71. The van der Waals surface area contributed by atoms with Crippen molar-refractivity contribution in [2.24, 2.45) is 0 Å². The van der Waals surface area contributed by atoms with Crippen molar-refractivity contribution in [3.05, 3.63) is 23.2 Å². The molecule has 18 heavy (non-hydrogen) atoms. The van der Waals surface area contributed by atoms with Gasteiger partial charge in [0.25, 0.3) is 9.05 Å². The molecule has 0 atom stereocenters. The average molecular weight is 311 g/mol. The molecule has 1 rings (SSSR count). The van der Waals surface area contributed by atoms with E-state index in [1.807, 2.05) is 0 Å². The molecule has 0 fully saturated rings. The van der Waals surface area contributed by atoms with E-state index in [0.29, 0.717) is 11.6 Å². The molecular weight excluding hydrogens is 295 g/mol. The van der Waals surface area contributed by atoms with E-state index in [2.05, 4.69) is 6.92 Å². The Kier molecular flexibility index (Phi) is 6.26. The summed E-state index contributed by atoms with van der Waals surface area (Å²) in [7, 11) is 1.49. The smallest absolute Gasteiger partial charge is 0.265 e. The van der Waals surface area contributed by atoms with Crippen molar-refractivity contribution in [1.82, 2.24) is 0 Å². The van der Waals surface area contributed by atoms with Gasteiger partial charge in [0.2, 0.25) is 0 Å². The van der Waals surface area contributed by atoms with Gasteiger partial charge < -0.3 is 4.74 Å². The van der Waals surface area contributed by atoms with Gasteiger partial charge in [0.1, 0.15) is 10.6 Å². The maximum atomic E-state index is 11.4. The van der Waals surface area contributed by atoms with Gasteiger partial charge in [-0.15, -0.1) is 0 Å². The maximum Gasteiger partial charge on any atom is 0.265 e. The molecule has 0 aliphatic rings. The standard InChI is InChI=1S/C12H16Cl2O3S/c1-2-3-4-5-8-17-11-7-6-10(13)9-12(11)18(14,15)16/h6-7,9H,2-5,8H2,1H3. The van der Waals surface area contributed by atoms with Gasteiger partial charge in [-0.25, -0.2) is 8.42 Å². The predicted molar refractivity (Wildman–Crippen MR) is 74.1 cm³/mol. The zero-order chi connectivity index (χ0) is 13.6. The van der Waals surface area contributed by atoms with E-state index in [4.69, 9.17) is 27.0 Å². The van der Waals surface area contributed by atoms with Gasteiger partial charge in [0.05, 0.1) is 6.61 Å². The first-order valence-electron chi connectivity index (χ1n) is 5.82. The second-order valence-electron chi connectivity index (χ2n) is 3.94. The van der Waals surface area contributed by atoms with Crippen LogP contribution in [-0.4, -0.2) is 15.0 Å². The van der Waals surface area contributed by atoms with Crippen LogP contribution in [0.15, 0.2) is 23.1 Å². The number of benzene rings is 1. The molecule has 0 saturated carbocycles. The molecule has 0 amide bonds. The van der Waals surface area contributed by atoms with Crippen LogP contribution < -0.4 is 4.74 Å². The minimum atomic E-state index is -3.84. The van der Waals surface area contributed by atoms with Gasteiger partial charge in [-0.05, 0) is 24.6 Å². The Morgan fingerprint density at radius 3 is 2.56 bits per heavy atom. The van der Waals surface area contributed by atoms with Crippen LogP contribution >= 0.6 is 22.3 Å². The summed E-state index contributed by atoms with van der Waals surface area (Å²) in [4.78, 5) is -0.0767. The molecule has 102 valence electrons. The third kappa shape index (κ3) is 5.04. The van der Waals surface area contributed by atoms with Crippen molar-refractivity contribution in [3.8, 4) is 5.75 Å². The first-order chi connectivity index (χ1) is 8.45. The molecule has 6 heteroatoms. The summed E-state index contributed by atoms with van der Waals surface area (Å²) < 4.78 is 28.2. The van der Waals surface area contributed by atoms with Crippen molar-refractivity contribution in [1.29, 1.82) is 0 Å². The fourth-order valence-corrected chi connectivity index (χ4v) is 2.74. The molecule has 3 nitrogen and oxygen atoms in total. The summed E-state index contributed by atoms with van der Waals surface area (Å²) in [5.41, 5.74) is 0.